The largest absolute Gasteiger partial charge is 0.351 e. The second-order valence-corrected chi connectivity index (χ2v) is 10.1. The minimum absolute atomic E-state index is 0.0110. The number of carbonyl (C=O) groups is 1. The van der Waals surface area contributed by atoms with Crippen molar-refractivity contribution in [3.63, 3.8) is 0 Å². The molecule has 148 valence electrons. The number of piperidine rings is 1. The Hall–Kier alpha value is -1.61. The molecule has 5 nitrogen and oxygen atoms in total. The van der Waals surface area contributed by atoms with Gasteiger partial charge in [0.15, 0.2) is 0 Å². The van der Waals surface area contributed by atoms with Crippen LogP contribution in [0.4, 0.5) is 0 Å². The molecule has 1 fully saturated rings. The van der Waals surface area contributed by atoms with Crippen molar-refractivity contribution in [2.75, 3.05) is 19.6 Å². The Morgan fingerprint density at radius 3 is 2.75 bits per heavy atom. The summed E-state index contributed by atoms with van der Waals surface area (Å²) >= 11 is 4.85. The summed E-state index contributed by atoms with van der Waals surface area (Å²) in [5, 5.41) is 11.5. The van der Waals surface area contributed by atoms with Crippen LogP contribution in [0.5, 0.6) is 0 Å². The first kappa shape index (κ1) is 19.7. The number of nitrogens with one attached hydrogen (secondary N) is 1. The van der Waals surface area contributed by atoms with Gasteiger partial charge in [0.2, 0.25) is 0 Å². The Kier molecular flexibility index (Phi) is 6.20. The Morgan fingerprint density at radius 2 is 2.07 bits per heavy atom. The highest BCUT2D eigenvalue weighted by Crippen LogP contribution is 2.29. The molecule has 1 N–H and O–H groups in total. The molecule has 1 aliphatic heterocycles. The SMILES string of the molecule is Cc1nc(CN2CCC(CNC(=O)c3sc(-c4ccsc4)nc3C)CC2)cs1. The fourth-order valence-electron chi connectivity index (χ4n) is 3.49. The van der Waals surface area contributed by atoms with Crippen molar-refractivity contribution >= 4 is 39.9 Å². The van der Waals surface area contributed by atoms with Crippen LogP contribution in [-0.2, 0) is 6.54 Å². The Morgan fingerprint density at radius 1 is 1.25 bits per heavy atom. The van der Waals surface area contributed by atoms with Crippen LogP contribution in [0.25, 0.3) is 10.6 Å². The number of carbonyl (C=O) groups excluding carboxylic acids is 1. The highest BCUT2D eigenvalue weighted by molar-refractivity contribution is 7.17. The number of hydrogen-bond acceptors (Lipinski definition) is 7. The van der Waals surface area contributed by atoms with E-state index in [9.17, 15) is 4.79 Å². The maximum absolute atomic E-state index is 12.6. The lowest BCUT2D eigenvalue weighted by molar-refractivity contribution is 0.0938. The third kappa shape index (κ3) is 4.68. The Bertz CT molecular complexity index is 923. The number of thiazole rings is 2. The maximum atomic E-state index is 12.6. The molecule has 28 heavy (non-hydrogen) atoms. The van der Waals surface area contributed by atoms with E-state index in [4.69, 9.17) is 0 Å². The van der Waals surface area contributed by atoms with E-state index in [1.54, 1.807) is 22.7 Å². The summed E-state index contributed by atoms with van der Waals surface area (Å²) in [6, 6.07) is 2.05. The van der Waals surface area contributed by atoms with E-state index in [1.165, 1.54) is 17.0 Å². The lowest BCUT2D eigenvalue weighted by Gasteiger charge is -2.31. The van der Waals surface area contributed by atoms with Crippen molar-refractivity contribution in [1.29, 1.82) is 0 Å². The number of hydrogen-bond donors (Lipinski definition) is 1. The monoisotopic (exact) mass is 432 g/mol. The number of amides is 1. The molecular weight excluding hydrogens is 408 g/mol. The molecule has 8 heteroatoms. The van der Waals surface area contributed by atoms with Crippen molar-refractivity contribution in [3.8, 4) is 10.6 Å². The van der Waals surface area contributed by atoms with Gasteiger partial charge in [-0.3, -0.25) is 9.69 Å². The van der Waals surface area contributed by atoms with Gasteiger partial charge in [0.25, 0.3) is 5.91 Å². The summed E-state index contributed by atoms with van der Waals surface area (Å²) < 4.78 is 0. The summed E-state index contributed by atoms with van der Waals surface area (Å²) in [6.45, 7) is 7.79. The van der Waals surface area contributed by atoms with Gasteiger partial charge in [0, 0.05) is 29.4 Å². The van der Waals surface area contributed by atoms with Crippen molar-refractivity contribution in [3.05, 3.63) is 43.5 Å². The molecule has 0 bridgehead atoms. The quantitative estimate of drug-likeness (QED) is 0.619. The zero-order valence-corrected chi connectivity index (χ0v) is 18.6. The van der Waals surface area contributed by atoms with Crippen LogP contribution in [0, 0.1) is 19.8 Å². The van der Waals surface area contributed by atoms with E-state index in [0.29, 0.717) is 5.92 Å². The van der Waals surface area contributed by atoms with E-state index < -0.39 is 0 Å². The molecule has 3 aromatic rings. The summed E-state index contributed by atoms with van der Waals surface area (Å²) in [5.41, 5.74) is 3.09. The minimum atomic E-state index is 0.0110. The van der Waals surface area contributed by atoms with Crippen LogP contribution in [0.1, 0.15) is 38.9 Å². The molecular formula is C20H24N4OS3. The minimum Gasteiger partial charge on any atom is -0.351 e. The second kappa shape index (κ2) is 8.82. The molecule has 4 rings (SSSR count). The Balaban J connectivity index is 1.26. The number of aryl methyl sites for hydroxylation is 2. The first-order chi connectivity index (χ1) is 13.6. The standard InChI is InChI=1S/C20H24N4OS3/c1-13-18(28-20(22-13)16-5-8-26-11-16)19(25)21-9-15-3-6-24(7-4-15)10-17-12-27-14(2)23-17/h5,8,11-12,15H,3-4,6-7,9-10H2,1-2H3,(H,21,25). The van der Waals surface area contributed by atoms with Crippen LogP contribution < -0.4 is 5.32 Å². The van der Waals surface area contributed by atoms with E-state index >= 15 is 0 Å². The molecule has 0 saturated carbocycles. The van der Waals surface area contributed by atoms with E-state index in [0.717, 1.165) is 65.2 Å². The predicted octanol–water partition coefficient (Wildman–Crippen LogP) is 4.59. The maximum Gasteiger partial charge on any atom is 0.263 e. The number of rotatable bonds is 6. The molecule has 0 atom stereocenters. The summed E-state index contributed by atoms with van der Waals surface area (Å²) in [4.78, 5) is 25.0. The van der Waals surface area contributed by atoms with Gasteiger partial charge in [0.1, 0.15) is 9.88 Å². The molecule has 0 aromatic carbocycles. The van der Waals surface area contributed by atoms with Crippen molar-refractivity contribution in [1.82, 2.24) is 20.2 Å². The summed E-state index contributed by atoms with van der Waals surface area (Å²) in [7, 11) is 0. The van der Waals surface area contributed by atoms with Gasteiger partial charge in [-0.1, -0.05) is 0 Å². The summed E-state index contributed by atoms with van der Waals surface area (Å²) in [6.07, 6.45) is 2.23. The third-order valence-electron chi connectivity index (χ3n) is 5.08. The molecule has 0 aliphatic carbocycles. The van der Waals surface area contributed by atoms with Gasteiger partial charge in [-0.05, 0) is 57.1 Å². The fraction of sp³-hybridized carbons (Fsp3) is 0.450. The van der Waals surface area contributed by atoms with E-state index in [-0.39, 0.29) is 5.91 Å². The van der Waals surface area contributed by atoms with Crippen molar-refractivity contribution in [2.45, 2.75) is 33.2 Å². The van der Waals surface area contributed by atoms with Gasteiger partial charge < -0.3 is 5.32 Å². The predicted molar refractivity (Wildman–Crippen MR) is 117 cm³/mol. The number of likely N-dealkylation sites (tertiary alicyclic amines) is 1. The fourth-order valence-corrected chi connectivity index (χ4v) is 5.79. The highest BCUT2D eigenvalue weighted by Gasteiger charge is 2.22. The zero-order valence-electron chi connectivity index (χ0n) is 16.1. The normalized spacial score (nSPS) is 15.8. The Labute approximate surface area is 177 Å². The van der Waals surface area contributed by atoms with Gasteiger partial charge in [0.05, 0.1) is 16.4 Å². The molecule has 1 saturated heterocycles. The van der Waals surface area contributed by atoms with Gasteiger partial charge >= 0.3 is 0 Å². The van der Waals surface area contributed by atoms with E-state index in [1.807, 2.05) is 18.4 Å². The topological polar surface area (TPSA) is 58.1 Å². The molecule has 1 aliphatic rings. The highest BCUT2D eigenvalue weighted by atomic mass is 32.1. The zero-order chi connectivity index (χ0) is 19.5. The molecule has 0 unspecified atom stereocenters. The van der Waals surface area contributed by atoms with Crippen LogP contribution >= 0.6 is 34.0 Å². The van der Waals surface area contributed by atoms with Crippen LogP contribution in [0.15, 0.2) is 22.2 Å². The first-order valence-electron chi connectivity index (χ1n) is 9.50. The van der Waals surface area contributed by atoms with Crippen LogP contribution in [-0.4, -0.2) is 40.4 Å². The summed E-state index contributed by atoms with van der Waals surface area (Å²) in [5.74, 6) is 0.554. The van der Waals surface area contributed by atoms with E-state index in [2.05, 4.69) is 37.9 Å². The van der Waals surface area contributed by atoms with Gasteiger partial charge in [-0.15, -0.1) is 22.7 Å². The number of thiophene rings is 1. The van der Waals surface area contributed by atoms with Crippen molar-refractivity contribution < 1.29 is 4.79 Å². The molecule has 1 amide bonds. The lowest BCUT2D eigenvalue weighted by Crippen LogP contribution is -2.38. The number of aromatic nitrogens is 2. The van der Waals surface area contributed by atoms with Crippen molar-refractivity contribution in [2.24, 2.45) is 5.92 Å². The molecule has 4 heterocycles. The molecule has 0 radical (unpaired) electrons. The molecule has 3 aromatic heterocycles. The third-order valence-corrected chi connectivity index (χ3v) is 7.79. The van der Waals surface area contributed by atoms with Crippen LogP contribution in [0.3, 0.4) is 0 Å². The lowest BCUT2D eigenvalue weighted by atomic mass is 9.96. The average molecular weight is 433 g/mol. The first-order valence-corrected chi connectivity index (χ1v) is 12.1. The molecule has 0 spiro atoms. The van der Waals surface area contributed by atoms with Gasteiger partial charge in [-0.2, -0.15) is 11.3 Å². The number of nitrogens with zero attached hydrogens (tertiary/aromatic N) is 3. The average Bonchev–Trinajstić information content (AvgIpc) is 3.42. The van der Waals surface area contributed by atoms with Crippen LogP contribution in [0.2, 0.25) is 0 Å². The second-order valence-electron chi connectivity index (χ2n) is 7.23. The smallest absolute Gasteiger partial charge is 0.263 e. The van der Waals surface area contributed by atoms with Gasteiger partial charge in [-0.25, -0.2) is 9.97 Å².